The normalized spacial score (nSPS) is 11.5. The summed E-state index contributed by atoms with van der Waals surface area (Å²) >= 11 is 0. The zero-order chi connectivity index (χ0) is 12.5. The van der Waals surface area contributed by atoms with E-state index in [1.165, 1.54) is 24.5 Å². The van der Waals surface area contributed by atoms with E-state index in [9.17, 15) is 18.3 Å². The van der Waals surface area contributed by atoms with Crippen molar-refractivity contribution >= 4 is 0 Å². The van der Waals surface area contributed by atoms with Crippen LogP contribution in [0.1, 0.15) is 5.56 Å². The fraction of sp³-hybridized carbons (Fsp3) is 0.0833. The third-order valence-electron chi connectivity index (χ3n) is 2.30. The smallest absolute Gasteiger partial charge is 0.417 e. The molecular formula is C12H8F3NO. The first kappa shape index (κ1) is 11.4. The van der Waals surface area contributed by atoms with Crippen molar-refractivity contribution in [3.63, 3.8) is 0 Å². The highest BCUT2D eigenvalue weighted by molar-refractivity contribution is 5.69. The summed E-state index contributed by atoms with van der Waals surface area (Å²) < 4.78 is 38.3. The molecule has 17 heavy (non-hydrogen) atoms. The van der Waals surface area contributed by atoms with Crippen LogP contribution >= 0.6 is 0 Å². The van der Waals surface area contributed by atoms with Gasteiger partial charge in [0.05, 0.1) is 5.56 Å². The molecule has 1 heterocycles. The summed E-state index contributed by atoms with van der Waals surface area (Å²) in [5.41, 5.74) is -0.468. The number of aromatic nitrogens is 1. The number of pyridine rings is 1. The summed E-state index contributed by atoms with van der Waals surface area (Å²) in [4.78, 5) is 3.74. The van der Waals surface area contributed by atoms with Crippen molar-refractivity contribution in [2.24, 2.45) is 0 Å². The molecule has 0 aliphatic carbocycles. The first-order valence-corrected chi connectivity index (χ1v) is 4.79. The Bertz CT molecular complexity index is 523. The maximum Gasteiger partial charge on any atom is 0.417 e. The highest BCUT2D eigenvalue weighted by Gasteiger charge is 2.33. The lowest BCUT2D eigenvalue weighted by molar-refractivity contribution is -0.137. The predicted octanol–water partition coefficient (Wildman–Crippen LogP) is 3.47. The summed E-state index contributed by atoms with van der Waals surface area (Å²) in [6, 6.07) is 5.91. The van der Waals surface area contributed by atoms with Crippen LogP contribution in [-0.2, 0) is 6.18 Å². The summed E-state index contributed by atoms with van der Waals surface area (Å²) in [7, 11) is 0. The third kappa shape index (κ3) is 2.38. The van der Waals surface area contributed by atoms with E-state index in [0.717, 1.165) is 18.2 Å². The first-order valence-electron chi connectivity index (χ1n) is 4.79. The first-order chi connectivity index (χ1) is 7.98. The van der Waals surface area contributed by atoms with Crippen LogP contribution in [0.15, 0.2) is 42.7 Å². The van der Waals surface area contributed by atoms with E-state index in [4.69, 9.17) is 0 Å². The van der Waals surface area contributed by atoms with E-state index in [0.29, 0.717) is 5.56 Å². The van der Waals surface area contributed by atoms with Crippen molar-refractivity contribution in [3.8, 4) is 16.9 Å². The molecular weight excluding hydrogens is 231 g/mol. The molecule has 2 nitrogen and oxygen atoms in total. The van der Waals surface area contributed by atoms with Crippen LogP contribution in [0.5, 0.6) is 5.75 Å². The van der Waals surface area contributed by atoms with E-state index < -0.39 is 11.7 Å². The van der Waals surface area contributed by atoms with Crippen LogP contribution < -0.4 is 0 Å². The second kappa shape index (κ2) is 4.08. The maximum atomic E-state index is 12.8. The van der Waals surface area contributed by atoms with Crippen LogP contribution in [0.25, 0.3) is 11.1 Å². The number of phenolic OH excluding ortho intramolecular Hbond substituents is 1. The zero-order valence-corrected chi connectivity index (χ0v) is 8.57. The minimum atomic E-state index is -4.45. The van der Waals surface area contributed by atoms with Gasteiger partial charge in [-0.3, -0.25) is 4.98 Å². The molecule has 1 aromatic heterocycles. The van der Waals surface area contributed by atoms with Gasteiger partial charge in [-0.25, -0.2) is 0 Å². The molecule has 88 valence electrons. The number of rotatable bonds is 1. The lowest BCUT2D eigenvalue weighted by atomic mass is 10.00. The molecule has 0 aliphatic rings. The summed E-state index contributed by atoms with van der Waals surface area (Å²) in [5.74, 6) is -0.204. The molecule has 0 saturated heterocycles. The molecule has 5 heteroatoms. The second-order valence-corrected chi connectivity index (χ2v) is 3.46. The van der Waals surface area contributed by atoms with E-state index in [-0.39, 0.29) is 11.3 Å². The van der Waals surface area contributed by atoms with Gasteiger partial charge in [0.1, 0.15) is 5.75 Å². The number of benzene rings is 1. The number of halogens is 3. The van der Waals surface area contributed by atoms with Crippen molar-refractivity contribution in [2.45, 2.75) is 6.18 Å². The Morgan fingerprint density at radius 2 is 1.65 bits per heavy atom. The van der Waals surface area contributed by atoms with E-state index >= 15 is 0 Å². The average Bonchev–Trinajstić information content (AvgIpc) is 2.28. The van der Waals surface area contributed by atoms with Gasteiger partial charge in [-0.2, -0.15) is 13.2 Å². The largest absolute Gasteiger partial charge is 0.508 e. The van der Waals surface area contributed by atoms with Crippen LogP contribution in [0.4, 0.5) is 13.2 Å². The van der Waals surface area contributed by atoms with Gasteiger partial charge in [-0.15, -0.1) is 0 Å². The molecule has 0 amide bonds. The van der Waals surface area contributed by atoms with Gasteiger partial charge in [0, 0.05) is 12.4 Å². The average molecular weight is 239 g/mol. The van der Waals surface area contributed by atoms with Crippen molar-refractivity contribution in [1.29, 1.82) is 0 Å². The Hall–Kier alpha value is -2.04. The molecule has 0 aliphatic heterocycles. The Labute approximate surface area is 95.4 Å². The fourth-order valence-corrected chi connectivity index (χ4v) is 1.55. The molecule has 1 aromatic carbocycles. The molecule has 0 saturated carbocycles. The highest BCUT2D eigenvalue weighted by Crippen LogP contribution is 2.38. The van der Waals surface area contributed by atoms with Crippen molar-refractivity contribution in [2.75, 3.05) is 0 Å². The lowest BCUT2D eigenvalue weighted by Crippen LogP contribution is -2.06. The Morgan fingerprint density at radius 3 is 2.24 bits per heavy atom. The van der Waals surface area contributed by atoms with Gasteiger partial charge in [0.2, 0.25) is 0 Å². The van der Waals surface area contributed by atoms with Gasteiger partial charge in [0.25, 0.3) is 0 Å². The molecule has 0 unspecified atom stereocenters. The summed E-state index contributed by atoms with van der Waals surface area (Å²) in [6.45, 7) is 0. The number of alkyl halides is 3. The number of hydrogen-bond acceptors (Lipinski definition) is 2. The van der Waals surface area contributed by atoms with Gasteiger partial charge < -0.3 is 5.11 Å². The highest BCUT2D eigenvalue weighted by atomic mass is 19.4. The van der Waals surface area contributed by atoms with Crippen LogP contribution in [0.3, 0.4) is 0 Å². The number of phenols is 1. The Kier molecular flexibility index (Phi) is 2.75. The number of hydrogen-bond donors (Lipinski definition) is 1. The molecule has 2 aromatic rings. The monoisotopic (exact) mass is 239 g/mol. The van der Waals surface area contributed by atoms with E-state index in [1.807, 2.05) is 0 Å². The minimum absolute atomic E-state index is 0.0556. The molecule has 0 atom stereocenters. The van der Waals surface area contributed by atoms with Gasteiger partial charge in [-0.05, 0) is 41.5 Å². The number of nitrogens with zero attached hydrogens (tertiary/aromatic N) is 1. The van der Waals surface area contributed by atoms with Gasteiger partial charge >= 0.3 is 6.18 Å². The second-order valence-electron chi connectivity index (χ2n) is 3.46. The van der Waals surface area contributed by atoms with Gasteiger partial charge in [-0.1, -0.05) is 0 Å². The molecule has 0 spiro atoms. The molecule has 2 rings (SSSR count). The van der Waals surface area contributed by atoms with Crippen LogP contribution in [0.2, 0.25) is 0 Å². The van der Waals surface area contributed by atoms with Crippen LogP contribution in [0, 0.1) is 0 Å². The van der Waals surface area contributed by atoms with Crippen molar-refractivity contribution in [3.05, 3.63) is 48.3 Å². The quantitative estimate of drug-likeness (QED) is 0.826. The van der Waals surface area contributed by atoms with Crippen molar-refractivity contribution in [1.82, 2.24) is 4.98 Å². The molecule has 0 bridgehead atoms. The molecule has 0 fully saturated rings. The molecule has 0 radical (unpaired) electrons. The van der Waals surface area contributed by atoms with E-state index in [1.54, 1.807) is 0 Å². The van der Waals surface area contributed by atoms with Gasteiger partial charge in [0.15, 0.2) is 0 Å². The summed E-state index contributed by atoms with van der Waals surface area (Å²) in [6.07, 6.45) is -1.65. The third-order valence-corrected chi connectivity index (χ3v) is 2.30. The Morgan fingerprint density at radius 1 is 1.00 bits per heavy atom. The summed E-state index contributed by atoms with van der Waals surface area (Å²) in [5, 5.41) is 9.28. The standard InChI is InChI=1S/C12H8F3NO/c13-12(14,15)11-2-1-9(17)7-10(11)8-3-5-16-6-4-8/h1-7,17H. The zero-order valence-electron chi connectivity index (χ0n) is 8.57. The SMILES string of the molecule is Oc1ccc(C(F)(F)F)c(-c2ccncc2)c1. The predicted molar refractivity (Wildman–Crippen MR) is 56.3 cm³/mol. The fourth-order valence-electron chi connectivity index (χ4n) is 1.55. The number of aromatic hydroxyl groups is 1. The lowest BCUT2D eigenvalue weighted by Gasteiger charge is -2.13. The minimum Gasteiger partial charge on any atom is -0.508 e. The molecule has 1 N–H and O–H groups in total. The van der Waals surface area contributed by atoms with Crippen molar-refractivity contribution < 1.29 is 18.3 Å². The van der Waals surface area contributed by atoms with Crippen LogP contribution in [-0.4, -0.2) is 10.1 Å². The topological polar surface area (TPSA) is 33.1 Å². The Balaban J connectivity index is 2.64. The van der Waals surface area contributed by atoms with E-state index in [2.05, 4.69) is 4.98 Å². The maximum absolute atomic E-state index is 12.8.